The van der Waals surface area contributed by atoms with Gasteiger partial charge in [-0.25, -0.2) is 9.78 Å². The second-order valence-electron chi connectivity index (χ2n) is 7.41. The summed E-state index contributed by atoms with van der Waals surface area (Å²) in [6, 6.07) is 6.01. The zero-order valence-electron chi connectivity index (χ0n) is 17.5. The lowest BCUT2D eigenvalue weighted by atomic mass is 10.1. The lowest BCUT2D eigenvalue weighted by molar-refractivity contribution is -0.312. The van der Waals surface area contributed by atoms with Gasteiger partial charge >= 0.3 is 0 Å². The van der Waals surface area contributed by atoms with Crippen LogP contribution in [0.5, 0.6) is 11.5 Å². The molecule has 1 aromatic rings. The summed E-state index contributed by atoms with van der Waals surface area (Å²) >= 11 is 0. The summed E-state index contributed by atoms with van der Waals surface area (Å²) < 4.78 is 23.0. The molecule has 0 N–H and O–H groups in total. The van der Waals surface area contributed by atoms with E-state index in [2.05, 4.69) is 23.6 Å². The average molecular weight is 413 g/mol. The maximum atomic E-state index is 12.3. The van der Waals surface area contributed by atoms with Crippen molar-refractivity contribution in [2.45, 2.75) is 76.9 Å². The van der Waals surface area contributed by atoms with Crippen molar-refractivity contribution < 1.29 is 23.5 Å². The van der Waals surface area contributed by atoms with Gasteiger partial charge in [0.1, 0.15) is 0 Å². The molecular formula is C22H36O5S. The van der Waals surface area contributed by atoms with E-state index in [1.807, 2.05) is 18.2 Å². The molecule has 1 saturated heterocycles. The van der Waals surface area contributed by atoms with Gasteiger partial charge in [-0.2, -0.15) is 0 Å². The van der Waals surface area contributed by atoms with Crippen LogP contribution in [0, 0.1) is 0 Å². The molecule has 0 aromatic heterocycles. The van der Waals surface area contributed by atoms with Gasteiger partial charge < -0.3 is 9.47 Å². The van der Waals surface area contributed by atoms with Crippen molar-refractivity contribution >= 4 is 10.8 Å². The van der Waals surface area contributed by atoms with Crippen LogP contribution in [-0.4, -0.2) is 35.2 Å². The zero-order valence-corrected chi connectivity index (χ0v) is 18.3. The lowest BCUT2D eigenvalue weighted by Gasteiger charge is -2.12. The summed E-state index contributed by atoms with van der Waals surface area (Å²) in [5.41, 5.74) is 1.17. The molecule has 0 amide bonds. The standard InChI is InChI=1S/C18H28O3S.C4H8O2/c1-3-4-5-6-7-8-11-22(19)15(2)12-16-9-10-17-18(13-16)21-14-20-17;1-2-4-6-5-3-1/h9-10,13,15H,3-8,11-12,14H2,1-2H3;1-4H2. The number of hydrogen-bond acceptors (Lipinski definition) is 5. The van der Waals surface area contributed by atoms with Crippen LogP contribution in [0.3, 0.4) is 0 Å². The highest BCUT2D eigenvalue weighted by Gasteiger charge is 2.16. The predicted molar refractivity (Wildman–Crippen MR) is 113 cm³/mol. The van der Waals surface area contributed by atoms with E-state index in [-0.39, 0.29) is 5.25 Å². The molecule has 5 nitrogen and oxygen atoms in total. The van der Waals surface area contributed by atoms with Crippen LogP contribution in [0.2, 0.25) is 0 Å². The van der Waals surface area contributed by atoms with Crippen molar-refractivity contribution in [2.75, 3.05) is 25.8 Å². The fraction of sp³-hybridized carbons (Fsp3) is 0.727. The van der Waals surface area contributed by atoms with Gasteiger partial charge in [-0.1, -0.05) is 52.0 Å². The van der Waals surface area contributed by atoms with Crippen molar-refractivity contribution in [3.63, 3.8) is 0 Å². The molecule has 0 bridgehead atoms. The van der Waals surface area contributed by atoms with E-state index >= 15 is 0 Å². The molecule has 0 spiro atoms. The summed E-state index contributed by atoms with van der Waals surface area (Å²) in [5.74, 6) is 2.45. The van der Waals surface area contributed by atoms with Gasteiger partial charge in [-0.05, 0) is 43.4 Å². The molecule has 6 heteroatoms. The number of benzene rings is 1. The third-order valence-corrected chi connectivity index (χ3v) is 6.65. The van der Waals surface area contributed by atoms with Crippen molar-refractivity contribution in [1.82, 2.24) is 0 Å². The smallest absolute Gasteiger partial charge is 0.231 e. The summed E-state index contributed by atoms with van der Waals surface area (Å²) in [6.45, 7) is 6.17. The van der Waals surface area contributed by atoms with Crippen LogP contribution in [0.1, 0.15) is 70.8 Å². The van der Waals surface area contributed by atoms with E-state index in [1.54, 1.807) is 0 Å². The Morgan fingerprint density at radius 1 is 0.964 bits per heavy atom. The first-order chi connectivity index (χ1) is 13.7. The Morgan fingerprint density at radius 3 is 2.32 bits per heavy atom. The van der Waals surface area contributed by atoms with Gasteiger partial charge in [-0.3, -0.25) is 4.21 Å². The largest absolute Gasteiger partial charge is 0.454 e. The van der Waals surface area contributed by atoms with Crippen molar-refractivity contribution in [2.24, 2.45) is 0 Å². The molecule has 2 aliphatic rings. The normalized spacial score (nSPS) is 17.5. The zero-order chi connectivity index (χ0) is 20.0. The highest BCUT2D eigenvalue weighted by atomic mass is 32.2. The van der Waals surface area contributed by atoms with E-state index in [4.69, 9.17) is 9.47 Å². The Hall–Kier alpha value is -1.11. The molecule has 1 aromatic carbocycles. The highest BCUT2D eigenvalue weighted by molar-refractivity contribution is 7.85. The maximum absolute atomic E-state index is 12.3. The van der Waals surface area contributed by atoms with Crippen molar-refractivity contribution in [1.29, 1.82) is 0 Å². The first-order valence-corrected chi connectivity index (χ1v) is 12.1. The fourth-order valence-corrected chi connectivity index (χ4v) is 4.43. The Morgan fingerprint density at radius 2 is 1.64 bits per heavy atom. The van der Waals surface area contributed by atoms with E-state index in [0.717, 1.165) is 56.1 Å². The van der Waals surface area contributed by atoms with E-state index in [0.29, 0.717) is 6.79 Å². The monoisotopic (exact) mass is 412 g/mol. The Kier molecular flexibility index (Phi) is 11.6. The van der Waals surface area contributed by atoms with Gasteiger partial charge in [-0.15, -0.1) is 0 Å². The van der Waals surface area contributed by atoms with E-state index in [1.165, 1.54) is 37.7 Å². The Labute approximate surface area is 172 Å². The van der Waals surface area contributed by atoms with Gasteiger partial charge in [0.2, 0.25) is 6.79 Å². The molecule has 1 fully saturated rings. The SMILES string of the molecule is C1CCOOC1.CCCCCCCCS(=O)C(C)Cc1ccc2c(c1)OCO2. The molecule has 2 unspecified atom stereocenters. The number of hydrogen-bond donors (Lipinski definition) is 0. The number of rotatable bonds is 10. The molecular weight excluding hydrogens is 376 g/mol. The van der Waals surface area contributed by atoms with Crippen LogP contribution < -0.4 is 9.47 Å². The van der Waals surface area contributed by atoms with Crippen LogP contribution >= 0.6 is 0 Å². The molecule has 2 aliphatic heterocycles. The minimum atomic E-state index is -0.743. The second kappa shape index (κ2) is 14.0. The number of fused-ring (bicyclic) bond motifs is 1. The van der Waals surface area contributed by atoms with Crippen molar-refractivity contribution in [3.8, 4) is 11.5 Å². The van der Waals surface area contributed by atoms with Crippen LogP contribution in [0.25, 0.3) is 0 Å². The first-order valence-electron chi connectivity index (χ1n) is 10.7. The summed E-state index contributed by atoms with van der Waals surface area (Å²) in [5, 5.41) is 0.191. The quantitative estimate of drug-likeness (QED) is 0.391. The minimum absolute atomic E-state index is 0.191. The Bertz CT molecular complexity index is 563. The molecule has 2 heterocycles. The molecule has 0 saturated carbocycles. The van der Waals surface area contributed by atoms with Gasteiger partial charge in [0.15, 0.2) is 11.5 Å². The van der Waals surface area contributed by atoms with E-state index < -0.39 is 10.8 Å². The fourth-order valence-electron chi connectivity index (χ4n) is 3.16. The van der Waals surface area contributed by atoms with E-state index in [9.17, 15) is 4.21 Å². The first kappa shape index (κ1) is 23.2. The summed E-state index contributed by atoms with van der Waals surface area (Å²) in [7, 11) is -0.743. The highest BCUT2D eigenvalue weighted by Crippen LogP contribution is 2.33. The maximum Gasteiger partial charge on any atom is 0.231 e. The second-order valence-corrected chi connectivity index (χ2v) is 9.38. The molecule has 2 atom stereocenters. The van der Waals surface area contributed by atoms with Crippen LogP contribution in [-0.2, 0) is 27.0 Å². The molecule has 160 valence electrons. The van der Waals surface area contributed by atoms with Crippen LogP contribution in [0.15, 0.2) is 18.2 Å². The van der Waals surface area contributed by atoms with Crippen LogP contribution in [0.4, 0.5) is 0 Å². The number of ether oxygens (including phenoxy) is 2. The average Bonchev–Trinajstić information content (AvgIpc) is 3.20. The summed E-state index contributed by atoms with van der Waals surface area (Å²) in [6.07, 6.45) is 10.6. The third-order valence-electron chi connectivity index (χ3n) is 4.90. The lowest BCUT2D eigenvalue weighted by Crippen LogP contribution is -2.16. The third kappa shape index (κ3) is 8.93. The topological polar surface area (TPSA) is 54.0 Å². The molecule has 28 heavy (non-hydrogen) atoms. The van der Waals surface area contributed by atoms with Crippen molar-refractivity contribution in [3.05, 3.63) is 23.8 Å². The van der Waals surface area contributed by atoms with Gasteiger partial charge in [0.25, 0.3) is 0 Å². The molecule has 0 aliphatic carbocycles. The number of unbranched alkanes of at least 4 members (excludes halogenated alkanes) is 5. The molecule has 0 radical (unpaired) electrons. The summed E-state index contributed by atoms with van der Waals surface area (Å²) in [4.78, 5) is 9.14. The van der Waals surface area contributed by atoms with Gasteiger partial charge in [0, 0.05) is 21.8 Å². The Balaban J connectivity index is 0.000000397. The predicted octanol–water partition coefficient (Wildman–Crippen LogP) is 5.18. The minimum Gasteiger partial charge on any atom is -0.454 e. The molecule has 3 rings (SSSR count). The van der Waals surface area contributed by atoms with Gasteiger partial charge in [0.05, 0.1) is 13.2 Å².